The Morgan fingerprint density at radius 2 is 1.02 bits per heavy atom. The summed E-state index contributed by atoms with van der Waals surface area (Å²) in [7, 11) is 0. The van der Waals surface area contributed by atoms with E-state index < -0.39 is 23.5 Å². The summed E-state index contributed by atoms with van der Waals surface area (Å²) in [5.74, 6) is 0. The van der Waals surface area contributed by atoms with Crippen LogP contribution in [-0.4, -0.2) is 3.21 Å². The second-order valence-electron chi connectivity index (χ2n) is 17.2. The molecule has 0 heterocycles. The van der Waals surface area contributed by atoms with Gasteiger partial charge in [-0.1, -0.05) is 89.3 Å². The SMILES string of the molecule is CC(C)(C)C1=CC[C-]=C1.CC1=CC(C)(C)c2cc3[cH-]c4cc5c(cc4c3cc21)C(C)=CC5(C)C.FC(F)(F)c1ccc([C](=[Zr+2])c2ccc(C(F)(F)F)cc2)cc1.[Cl-].[Cl-]. The summed E-state index contributed by atoms with van der Waals surface area (Å²) in [6.45, 7) is 20.5. The van der Waals surface area contributed by atoms with Gasteiger partial charge in [0.1, 0.15) is 0 Å². The normalized spacial score (nSPS) is 16.1. The summed E-state index contributed by atoms with van der Waals surface area (Å²) in [6, 6.07) is 21.2. The van der Waals surface area contributed by atoms with Crippen molar-refractivity contribution in [2.75, 3.05) is 0 Å². The van der Waals surface area contributed by atoms with Gasteiger partial charge in [0, 0.05) is 10.8 Å². The van der Waals surface area contributed by atoms with E-state index in [2.05, 4.69) is 123 Å². The maximum Gasteiger partial charge on any atom is -1.00 e. The quantitative estimate of drug-likeness (QED) is 0.123. The predicted octanol–water partition coefficient (Wildman–Crippen LogP) is 8.67. The molecule has 0 aromatic heterocycles. The van der Waals surface area contributed by atoms with Crippen LogP contribution in [0.4, 0.5) is 26.3 Å². The number of alkyl halides is 6. The zero-order valence-electron chi connectivity index (χ0n) is 34.0. The average molecular weight is 911 g/mol. The maximum absolute atomic E-state index is 12.5. The first kappa shape index (κ1) is 47.3. The van der Waals surface area contributed by atoms with Gasteiger partial charge in [0.15, 0.2) is 0 Å². The van der Waals surface area contributed by atoms with E-state index in [0.717, 1.165) is 54.9 Å². The van der Waals surface area contributed by atoms with Gasteiger partial charge in [-0.05, 0) is 36.1 Å². The molecule has 8 rings (SSSR count). The number of hydrogen-bond donors (Lipinski definition) is 0. The van der Waals surface area contributed by atoms with Crippen molar-refractivity contribution < 1.29 is 75.4 Å². The van der Waals surface area contributed by atoms with Crippen LogP contribution in [0.15, 0.2) is 109 Å². The first-order chi connectivity index (χ1) is 25.9. The summed E-state index contributed by atoms with van der Waals surface area (Å²) in [5, 5.41) is 5.57. The van der Waals surface area contributed by atoms with E-state index >= 15 is 0 Å². The van der Waals surface area contributed by atoms with Gasteiger partial charge >= 0.3 is 137 Å². The van der Waals surface area contributed by atoms with Gasteiger partial charge in [-0.2, -0.15) is 11.6 Å². The molecule has 0 spiro atoms. The molecule has 0 N–H and O–H groups in total. The van der Waals surface area contributed by atoms with E-state index in [1.54, 1.807) is 0 Å². The van der Waals surface area contributed by atoms with Crippen LogP contribution < -0.4 is 24.8 Å². The Morgan fingerprint density at radius 3 is 1.31 bits per heavy atom. The fourth-order valence-electron chi connectivity index (χ4n) is 7.96. The molecule has 3 aliphatic carbocycles. The number of allylic oxidation sites excluding steroid dienone is 8. The molecule has 3 aliphatic rings. The first-order valence-electron chi connectivity index (χ1n) is 18.7. The minimum Gasteiger partial charge on any atom is -1.00 e. The Hall–Kier alpha value is -3.38. The van der Waals surface area contributed by atoms with Crippen LogP contribution in [-0.2, 0) is 47.4 Å². The molecule has 58 heavy (non-hydrogen) atoms. The van der Waals surface area contributed by atoms with Crippen LogP contribution in [0.5, 0.6) is 0 Å². The molecule has 0 bridgehead atoms. The molecular formula is C49H46Cl2F6Zr-2. The van der Waals surface area contributed by atoms with E-state index in [0.29, 0.717) is 19.7 Å². The van der Waals surface area contributed by atoms with Gasteiger partial charge < -0.3 is 24.8 Å². The molecule has 0 fully saturated rings. The van der Waals surface area contributed by atoms with Crippen LogP contribution in [0.1, 0.15) is 113 Å². The van der Waals surface area contributed by atoms with Crippen molar-refractivity contribution in [2.45, 2.75) is 91.9 Å². The third-order valence-electron chi connectivity index (χ3n) is 10.9. The summed E-state index contributed by atoms with van der Waals surface area (Å²) in [5.41, 5.74) is 10.2. The molecule has 0 amide bonds. The fourth-order valence-corrected chi connectivity index (χ4v) is 8.78. The van der Waals surface area contributed by atoms with Crippen LogP contribution in [0.25, 0.3) is 32.7 Å². The Bertz CT molecular complexity index is 2310. The minimum atomic E-state index is -4.41. The molecule has 304 valence electrons. The zero-order valence-corrected chi connectivity index (χ0v) is 38.0. The van der Waals surface area contributed by atoms with Gasteiger partial charge in [-0.3, -0.25) is 6.08 Å². The molecule has 0 saturated heterocycles. The zero-order chi connectivity index (χ0) is 41.2. The second-order valence-corrected chi connectivity index (χ2v) is 18.4. The van der Waals surface area contributed by atoms with E-state index in [1.807, 2.05) is 0 Å². The van der Waals surface area contributed by atoms with Crippen LogP contribution in [0, 0.1) is 11.5 Å². The van der Waals surface area contributed by atoms with Gasteiger partial charge in [-0.25, -0.2) is 6.08 Å². The smallest absolute Gasteiger partial charge is 1.00 e. The van der Waals surface area contributed by atoms with E-state index in [1.165, 1.54) is 84.8 Å². The monoisotopic (exact) mass is 908 g/mol. The Labute approximate surface area is 365 Å². The van der Waals surface area contributed by atoms with Gasteiger partial charge in [0.05, 0.1) is 0 Å². The van der Waals surface area contributed by atoms with Crippen molar-refractivity contribution in [2.24, 2.45) is 5.41 Å². The molecule has 0 atom stereocenters. The predicted molar refractivity (Wildman–Crippen MR) is 216 cm³/mol. The van der Waals surface area contributed by atoms with Gasteiger partial charge in [0.25, 0.3) is 0 Å². The van der Waals surface area contributed by atoms with Crippen molar-refractivity contribution >= 4 is 35.9 Å². The molecule has 9 heteroatoms. The second kappa shape index (κ2) is 16.9. The van der Waals surface area contributed by atoms with Gasteiger partial charge in [-0.15, -0.1) is 46.2 Å². The molecule has 5 aromatic rings. The fraction of sp³-hybridized carbons (Fsp3) is 0.306. The first-order valence-corrected chi connectivity index (χ1v) is 19.9. The number of halogens is 8. The summed E-state index contributed by atoms with van der Waals surface area (Å²) in [6.07, 6.45) is 4.50. The Kier molecular flexibility index (Phi) is 13.8. The molecule has 0 radical (unpaired) electrons. The summed E-state index contributed by atoms with van der Waals surface area (Å²) in [4.78, 5) is 0. The van der Waals surface area contributed by atoms with Crippen LogP contribution in [0.2, 0.25) is 0 Å². The number of benzene rings is 4. The van der Waals surface area contributed by atoms with Crippen molar-refractivity contribution in [3.8, 4) is 0 Å². The molecular weight excluding hydrogens is 865 g/mol. The molecule has 0 saturated carbocycles. The Balaban J connectivity index is 0.000000208. The van der Waals surface area contributed by atoms with Gasteiger partial charge in [0.2, 0.25) is 0 Å². The molecule has 0 nitrogen and oxygen atoms in total. The van der Waals surface area contributed by atoms with Crippen molar-refractivity contribution in [3.63, 3.8) is 0 Å². The molecule has 0 aliphatic heterocycles. The van der Waals surface area contributed by atoms with Crippen molar-refractivity contribution in [1.82, 2.24) is 0 Å². The third-order valence-corrected chi connectivity index (χ3v) is 12.4. The third kappa shape index (κ3) is 9.80. The number of rotatable bonds is 2. The van der Waals surface area contributed by atoms with Crippen molar-refractivity contribution in [1.29, 1.82) is 0 Å². The topological polar surface area (TPSA) is 0 Å². The van der Waals surface area contributed by atoms with Crippen LogP contribution in [0.3, 0.4) is 0 Å². The molecule has 0 unspecified atom stereocenters. The van der Waals surface area contributed by atoms with E-state index in [4.69, 9.17) is 0 Å². The summed E-state index contributed by atoms with van der Waals surface area (Å²) < 4.78 is 75.6. The largest absolute Gasteiger partial charge is 1.00 e. The van der Waals surface area contributed by atoms with Crippen LogP contribution >= 0.6 is 0 Å². The number of fused-ring (bicyclic) bond motifs is 5. The van der Waals surface area contributed by atoms with E-state index in [9.17, 15) is 26.3 Å². The maximum atomic E-state index is 12.5. The summed E-state index contributed by atoms with van der Waals surface area (Å²) >= 11 is 0.898. The average Bonchev–Trinajstić information content (AvgIpc) is 3.87. The standard InChI is InChI=1S/C25H25.C15H8F6.C9H13.2ClH.Zr/c1-14-12-24(3,4)22-8-16-7-17-9-23-19(15(2)13-25(23,5)6)11-21(17)20(16)10-18(14)22;16-14(17,18)12-5-1-10(2-6-12)9-11-3-7-13(8-4-11)15(19,20)21;1-9(2,3)8-6-4-5-7-8;;;/h7-13H,1-6H3;1-8H;6-7H,4H2,1-3H3;2*1H;/q-1;;-1;;;+2/p-2. The minimum absolute atomic E-state index is 0. The Morgan fingerprint density at radius 1 is 0.638 bits per heavy atom. The van der Waals surface area contributed by atoms with Crippen molar-refractivity contribution in [3.05, 3.63) is 159 Å². The van der Waals surface area contributed by atoms with E-state index in [-0.39, 0.29) is 35.6 Å². The number of hydrogen-bond acceptors (Lipinski definition) is 0. The molecule has 5 aromatic carbocycles.